The van der Waals surface area contributed by atoms with Crippen molar-refractivity contribution in [3.63, 3.8) is 0 Å². The monoisotopic (exact) mass is 145 g/mol. The average Bonchev–Trinajstić information content (AvgIpc) is 1.90. The third-order valence-corrected chi connectivity index (χ3v) is 5.56. The first-order valence-electron chi connectivity index (χ1n) is 3.96. The molecule has 0 aliphatic carbocycles. The SMILES string of the molecule is CCN(C)[SiH](CC)CC. The van der Waals surface area contributed by atoms with Crippen molar-refractivity contribution in [2.45, 2.75) is 32.9 Å². The molecule has 9 heavy (non-hydrogen) atoms. The lowest BCUT2D eigenvalue weighted by Gasteiger charge is -2.22. The number of hydrogen-bond acceptors (Lipinski definition) is 1. The van der Waals surface area contributed by atoms with E-state index >= 15 is 0 Å². The molecule has 0 heterocycles. The molecule has 0 rings (SSSR count). The molecule has 0 spiro atoms. The van der Waals surface area contributed by atoms with Gasteiger partial charge in [-0.05, 0) is 25.7 Å². The summed E-state index contributed by atoms with van der Waals surface area (Å²) in [5, 5.41) is 0. The Bertz CT molecular complexity index is 61.9. The van der Waals surface area contributed by atoms with Crippen LogP contribution in [0.2, 0.25) is 12.1 Å². The van der Waals surface area contributed by atoms with Gasteiger partial charge in [0.05, 0.1) is 0 Å². The minimum Gasteiger partial charge on any atom is -0.329 e. The molecule has 0 N–H and O–H groups in total. The Hall–Kier alpha value is 0.177. The fourth-order valence-electron chi connectivity index (χ4n) is 1.17. The van der Waals surface area contributed by atoms with Gasteiger partial charge in [0, 0.05) is 0 Å². The van der Waals surface area contributed by atoms with Crippen molar-refractivity contribution in [2.24, 2.45) is 0 Å². The van der Waals surface area contributed by atoms with Gasteiger partial charge < -0.3 is 4.57 Å². The molecular weight excluding hydrogens is 126 g/mol. The second-order valence-corrected chi connectivity index (χ2v) is 6.37. The molecular formula is C7H19NSi. The van der Waals surface area contributed by atoms with Crippen molar-refractivity contribution in [2.75, 3.05) is 13.6 Å². The summed E-state index contributed by atoms with van der Waals surface area (Å²) in [5.41, 5.74) is 0. The Kier molecular flexibility index (Phi) is 5.10. The molecule has 0 fully saturated rings. The molecule has 0 saturated carbocycles. The van der Waals surface area contributed by atoms with Crippen LogP contribution in [0.25, 0.3) is 0 Å². The lowest BCUT2D eigenvalue weighted by atomic mass is 10.8. The molecule has 0 aromatic rings. The summed E-state index contributed by atoms with van der Waals surface area (Å²) in [5.74, 6) is 0. The van der Waals surface area contributed by atoms with E-state index < -0.39 is 8.96 Å². The van der Waals surface area contributed by atoms with Crippen molar-refractivity contribution in [1.82, 2.24) is 4.57 Å². The zero-order valence-electron chi connectivity index (χ0n) is 7.15. The van der Waals surface area contributed by atoms with Crippen molar-refractivity contribution in [1.29, 1.82) is 0 Å². The third-order valence-electron chi connectivity index (χ3n) is 2.06. The number of rotatable bonds is 4. The van der Waals surface area contributed by atoms with Crippen LogP contribution in [0.1, 0.15) is 20.8 Å². The van der Waals surface area contributed by atoms with Crippen LogP contribution in [0, 0.1) is 0 Å². The van der Waals surface area contributed by atoms with E-state index in [1.807, 2.05) is 0 Å². The first-order chi connectivity index (χ1) is 4.26. The predicted octanol–water partition coefficient (Wildman–Crippen LogP) is 1.70. The summed E-state index contributed by atoms with van der Waals surface area (Å²) in [6.45, 7) is 8.10. The summed E-state index contributed by atoms with van der Waals surface area (Å²) >= 11 is 0. The van der Waals surface area contributed by atoms with Crippen LogP contribution >= 0.6 is 0 Å². The summed E-state index contributed by atoms with van der Waals surface area (Å²) < 4.78 is 2.54. The van der Waals surface area contributed by atoms with Crippen LogP contribution in [0.5, 0.6) is 0 Å². The van der Waals surface area contributed by atoms with Gasteiger partial charge in [0.2, 0.25) is 0 Å². The van der Waals surface area contributed by atoms with Gasteiger partial charge in [0.25, 0.3) is 0 Å². The van der Waals surface area contributed by atoms with E-state index in [2.05, 4.69) is 32.4 Å². The maximum atomic E-state index is 2.54. The molecule has 0 radical (unpaired) electrons. The van der Waals surface area contributed by atoms with Crippen molar-refractivity contribution >= 4 is 8.96 Å². The van der Waals surface area contributed by atoms with Gasteiger partial charge in [0.1, 0.15) is 8.96 Å². The Morgan fingerprint density at radius 1 is 1.11 bits per heavy atom. The molecule has 0 unspecified atom stereocenters. The van der Waals surface area contributed by atoms with Crippen molar-refractivity contribution < 1.29 is 0 Å². The predicted molar refractivity (Wildman–Crippen MR) is 46.4 cm³/mol. The van der Waals surface area contributed by atoms with E-state index in [9.17, 15) is 0 Å². The Balaban J connectivity index is 3.50. The summed E-state index contributed by atoms with van der Waals surface area (Å²) in [6.07, 6.45) is 0. The van der Waals surface area contributed by atoms with Crippen LogP contribution < -0.4 is 0 Å². The molecule has 0 aromatic heterocycles. The highest BCUT2D eigenvalue weighted by Crippen LogP contribution is 2.01. The molecule has 0 atom stereocenters. The van der Waals surface area contributed by atoms with Crippen molar-refractivity contribution in [3.05, 3.63) is 0 Å². The molecule has 0 aromatic carbocycles. The largest absolute Gasteiger partial charge is 0.329 e. The van der Waals surface area contributed by atoms with E-state index in [4.69, 9.17) is 0 Å². The number of nitrogens with zero attached hydrogens (tertiary/aromatic N) is 1. The Labute approximate surface area is 60.7 Å². The summed E-state index contributed by atoms with van der Waals surface area (Å²) in [6, 6.07) is 2.84. The highest BCUT2D eigenvalue weighted by atomic mass is 28.3. The molecule has 1 nitrogen and oxygen atoms in total. The van der Waals surface area contributed by atoms with E-state index in [1.54, 1.807) is 0 Å². The standard InChI is InChI=1S/C7H19NSi/c1-5-8(4)9(6-2)7-3/h9H,5-7H2,1-4H3. The first-order valence-corrected chi connectivity index (χ1v) is 6.11. The van der Waals surface area contributed by atoms with Crippen molar-refractivity contribution in [3.8, 4) is 0 Å². The molecule has 0 aliphatic heterocycles. The van der Waals surface area contributed by atoms with E-state index in [1.165, 1.54) is 18.6 Å². The molecule has 0 saturated heterocycles. The maximum absolute atomic E-state index is 2.54. The van der Waals surface area contributed by atoms with E-state index in [0.717, 1.165) is 0 Å². The average molecular weight is 145 g/mol. The van der Waals surface area contributed by atoms with Gasteiger partial charge in [-0.15, -0.1) is 0 Å². The van der Waals surface area contributed by atoms with Gasteiger partial charge in [-0.3, -0.25) is 0 Å². The fourth-order valence-corrected chi connectivity index (χ4v) is 3.51. The van der Waals surface area contributed by atoms with Crippen LogP contribution in [0.3, 0.4) is 0 Å². The Morgan fingerprint density at radius 3 is 1.67 bits per heavy atom. The van der Waals surface area contributed by atoms with Gasteiger partial charge >= 0.3 is 0 Å². The van der Waals surface area contributed by atoms with Gasteiger partial charge in [0.15, 0.2) is 0 Å². The molecule has 0 amide bonds. The highest BCUT2D eigenvalue weighted by Gasteiger charge is 2.08. The van der Waals surface area contributed by atoms with Crippen LogP contribution in [0.15, 0.2) is 0 Å². The normalized spacial score (nSPS) is 11.3. The molecule has 2 heteroatoms. The van der Waals surface area contributed by atoms with Crippen LogP contribution in [-0.2, 0) is 0 Å². The van der Waals surface area contributed by atoms with Crippen LogP contribution in [0.4, 0.5) is 0 Å². The Morgan fingerprint density at radius 2 is 1.56 bits per heavy atom. The lowest BCUT2D eigenvalue weighted by molar-refractivity contribution is 0.546. The lowest BCUT2D eigenvalue weighted by Crippen LogP contribution is -2.34. The molecule has 0 bridgehead atoms. The van der Waals surface area contributed by atoms with E-state index in [-0.39, 0.29) is 0 Å². The zero-order valence-corrected chi connectivity index (χ0v) is 8.30. The fraction of sp³-hybridized carbons (Fsp3) is 1.00. The second kappa shape index (κ2) is 5.00. The quantitative estimate of drug-likeness (QED) is 0.544. The minimum atomic E-state index is -0.453. The molecule has 56 valence electrons. The summed E-state index contributed by atoms with van der Waals surface area (Å²) in [4.78, 5) is 0. The highest BCUT2D eigenvalue weighted by molar-refractivity contribution is 6.55. The van der Waals surface area contributed by atoms with Gasteiger partial charge in [-0.25, -0.2) is 0 Å². The minimum absolute atomic E-state index is 0.453. The van der Waals surface area contributed by atoms with E-state index in [0.29, 0.717) is 0 Å². The maximum Gasteiger partial charge on any atom is 0.111 e. The van der Waals surface area contributed by atoms with Crippen LogP contribution in [-0.4, -0.2) is 27.1 Å². The molecule has 0 aliphatic rings. The zero-order chi connectivity index (χ0) is 7.28. The summed E-state index contributed by atoms with van der Waals surface area (Å²) in [7, 11) is 1.80. The smallest absolute Gasteiger partial charge is 0.111 e. The first kappa shape index (κ1) is 9.18. The number of hydrogen-bond donors (Lipinski definition) is 0. The topological polar surface area (TPSA) is 3.24 Å². The van der Waals surface area contributed by atoms with Gasteiger partial charge in [-0.1, -0.05) is 20.8 Å². The second-order valence-electron chi connectivity index (χ2n) is 2.54. The third kappa shape index (κ3) is 3.01. The van der Waals surface area contributed by atoms with Gasteiger partial charge in [-0.2, -0.15) is 0 Å².